The Labute approximate surface area is 111 Å². The normalized spacial score (nSPS) is 11.1. The third-order valence-corrected chi connectivity index (χ3v) is 3.54. The summed E-state index contributed by atoms with van der Waals surface area (Å²) < 4.78 is 5.25. The Balaban J connectivity index is 2.08. The molecule has 0 unspecified atom stereocenters. The number of nitrogens with zero attached hydrogens (tertiary/aromatic N) is 2. The first-order valence-corrected chi connectivity index (χ1v) is 6.97. The van der Waals surface area contributed by atoms with Crippen LogP contribution in [0.15, 0.2) is 28.8 Å². The van der Waals surface area contributed by atoms with Gasteiger partial charge in [-0.3, -0.25) is 0 Å². The summed E-state index contributed by atoms with van der Waals surface area (Å²) in [6.07, 6.45) is 0. The van der Waals surface area contributed by atoms with Gasteiger partial charge < -0.3 is 10.3 Å². The zero-order chi connectivity index (χ0) is 13.0. The van der Waals surface area contributed by atoms with Gasteiger partial charge in [0.2, 0.25) is 0 Å². The molecule has 1 aromatic heterocycles. The van der Waals surface area contributed by atoms with Crippen molar-refractivity contribution in [2.45, 2.75) is 31.4 Å². The van der Waals surface area contributed by atoms with Crippen molar-refractivity contribution in [3.63, 3.8) is 0 Å². The molecular formula is C13H17N3OS. The van der Waals surface area contributed by atoms with Crippen molar-refractivity contribution in [3.8, 4) is 11.5 Å². The standard InChI is InChI=1S/C13H17N3OS/c1-9(2)18-8-12-15-13(17-16-12)11-5-3-10(7-14)4-6-11/h3-6,9H,7-8,14H2,1-2H3. The highest BCUT2D eigenvalue weighted by Gasteiger charge is 2.09. The fourth-order valence-electron chi connectivity index (χ4n) is 1.45. The Hall–Kier alpha value is -1.33. The molecule has 0 spiro atoms. The SMILES string of the molecule is CC(C)SCc1noc(-c2ccc(CN)cc2)n1. The van der Waals surface area contributed by atoms with E-state index in [0.29, 0.717) is 17.7 Å². The third kappa shape index (κ3) is 3.34. The van der Waals surface area contributed by atoms with E-state index < -0.39 is 0 Å². The van der Waals surface area contributed by atoms with Gasteiger partial charge in [0, 0.05) is 12.1 Å². The Kier molecular flexibility index (Phi) is 4.38. The van der Waals surface area contributed by atoms with Gasteiger partial charge in [-0.1, -0.05) is 31.1 Å². The molecule has 0 bridgehead atoms. The Bertz CT molecular complexity index is 493. The number of benzene rings is 1. The molecule has 2 aromatic rings. The maximum absolute atomic E-state index is 5.56. The number of aromatic nitrogens is 2. The monoisotopic (exact) mass is 263 g/mol. The summed E-state index contributed by atoms with van der Waals surface area (Å²) in [4.78, 5) is 4.38. The van der Waals surface area contributed by atoms with E-state index >= 15 is 0 Å². The summed E-state index contributed by atoms with van der Waals surface area (Å²) >= 11 is 1.80. The van der Waals surface area contributed by atoms with Crippen molar-refractivity contribution in [3.05, 3.63) is 35.7 Å². The second-order valence-corrected chi connectivity index (χ2v) is 5.84. The zero-order valence-corrected chi connectivity index (χ0v) is 11.4. The quantitative estimate of drug-likeness (QED) is 0.898. The molecule has 0 saturated heterocycles. The maximum atomic E-state index is 5.56. The van der Waals surface area contributed by atoms with Crippen molar-refractivity contribution in [1.29, 1.82) is 0 Å². The number of thioether (sulfide) groups is 1. The minimum atomic E-state index is 0.542. The zero-order valence-electron chi connectivity index (χ0n) is 10.6. The molecule has 0 aliphatic heterocycles. The first kappa shape index (κ1) is 13.1. The summed E-state index contributed by atoms with van der Waals surface area (Å²) in [6.45, 7) is 4.84. The van der Waals surface area contributed by atoms with Gasteiger partial charge >= 0.3 is 0 Å². The molecule has 0 saturated carbocycles. The molecule has 4 nitrogen and oxygen atoms in total. The predicted molar refractivity (Wildman–Crippen MR) is 74.1 cm³/mol. The Morgan fingerprint density at radius 2 is 2.00 bits per heavy atom. The summed E-state index contributed by atoms with van der Waals surface area (Å²) in [5, 5.41) is 4.54. The molecule has 0 aliphatic rings. The molecule has 0 radical (unpaired) electrons. The third-order valence-electron chi connectivity index (χ3n) is 2.45. The largest absolute Gasteiger partial charge is 0.334 e. The molecule has 0 atom stereocenters. The lowest BCUT2D eigenvalue weighted by Gasteiger charge is -1.99. The van der Waals surface area contributed by atoms with E-state index in [2.05, 4.69) is 24.0 Å². The molecule has 0 aliphatic carbocycles. The van der Waals surface area contributed by atoms with Gasteiger partial charge in [0.1, 0.15) is 0 Å². The number of hydrogen-bond acceptors (Lipinski definition) is 5. The van der Waals surface area contributed by atoms with Crippen molar-refractivity contribution in [1.82, 2.24) is 10.1 Å². The average molecular weight is 263 g/mol. The van der Waals surface area contributed by atoms with Crippen molar-refractivity contribution in [2.75, 3.05) is 0 Å². The van der Waals surface area contributed by atoms with E-state index in [4.69, 9.17) is 10.3 Å². The predicted octanol–water partition coefficient (Wildman–Crippen LogP) is 2.84. The molecule has 2 rings (SSSR count). The van der Waals surface area contributed by atoms with Crippen LogP contribution in [-0.4, -0.2) is 15.4 Å². The van der Waals surface area contributed by atoms with Gasteiger partial charge in [0.25, 0.3) is 5.89 Å². The molecule has 18 heavy (non-hydrogen) atoms. The number of rotatable bonds is 5. The van der Waals surface area contributed by atoms with Gasteiger partial charge in [-0.15, -0.1) is 0 Å². The lowest BCUT2D eigenvalue weighted by Crippen LogP contribution is -1.95. The maximum Gasteiger partial charge on any atom is 0.257 e. The van der Waals surface area contributed by atoms with E-state index in [1.54, 1.807) is 11.8 Å². The Morgan fingerprint density at radius 3 is 2.61 bits per heavy atom. The number of nitrogens with two attached hydrogens (primary N) is 1. The molecular weight excluding hydrogens is 246 g/mol. The van der Waals surface area contributed by atoms with Crippen LogP contribution in [0.5, 0.6) is 0 Å². The summed E-state index contributed by atoms with van der Waals surface area (Å²) in [7, 11) is 0. The van der Waals surface area contributed by atoms with E-state index in [1.165, 1.54) is 0 Å². The van der Waals surface area contributed by atoms with Gasteiger partial charge in [0.05, 0.1) is 5.75 Å². The average Bonchev–Trinajstić information content (AvgIpc) is 2.85. The van der Waals surface area contributed by atoms with Crippen molar-refractivity contribution in [2.24, 2.45) is 5.73 Å². The fraction of sp³-hybridized carbons (Fsp3) is 0.385. The van der Waals surface area contributed by atoms with Gasteiger partial charge in [-0.2, -0.15) is 16.7 Å². The molecule has 1 aromatic carbocycles. The van der Waals surface area contributed by atoms with E-state index in [0.717, 1.165) is 22.7 Å². The van der Waals surface area contributed by atoms with E-state index in [-0.39, 0.29) is 0 Å². The minimum Gasteiger partial charge on any atom is -0.334 e. The first-order chi connectivity index (χ1) is 8.69. The van der Waals surface area contributed by atoms with Crippen LogP contribution in [-0.2, 0) is 12.3 Å². The van der Waals surface area contributed by atoms with E-state index in [9.17, 15) is 0 Å². The fourth-order valence-corrected chi connectivity index (χ4v) is 2.05. The van der Waals surface area contributed by atoms with Crippen LogP contribution in [0.2, 0.25) is 0 Å². The van der Waals surface area contributed by atoms with Crippen LogP contribution in [0.3, 0.4) is 0 Å². The van der Waals surface area contributed by atoms with Gasteiger partial charge in [0.15, 0.2) is 5.82 Å². The molecule has 2 N–H and O–H groups in total. The second kappa shape index (κ2) is 6.02. The second-order valence-electron chi connectivity index (χ2n) is 4.28. The molecule has 5 heteroatoms. The summed E-state index contributed by atoms with van der Waals surface area (Å²) in [5.41, 5.74) is 7.58. The first-order valence-electron chi connectivity index (χ1n) is 5.92. The topological polar surface area (TPSA) is 64.9 Å². The minimum absolute atomic E-state index is 0.542. The van der Waals surface area contributed by atoms with Crippen LogP contribution >= 0.6 is 11.8 Å². The van der Waals surface area contributed by atoms with E-state index in [1.807, 2.05) is 24.3 Å². The van der Waals surface area contributed by atoms with Crippen molar-refractivity contribution >= 4 is 11.8 Å². The lowest BCUT2D eigenvalue weighted by atomic mass is 10.1. The van der Waals surface area contributed by atoms with Gasteiger partial charge in [-0.05, 0) is 22.9 Å². The summed E-state index contributed by atoms with van der Waals surface area (Å²) in [6, 6.07) is 7.86. The smallest absolute Gasteiger partial charge is 0.257 e. The van der Waals surface area contributed by atoms with Crippen LogP contribution in [0.4, 0.5) is 0 Å². The van der Waals surface area contributed by atoms with Gasteiger partial charge in [-0.25, -0.2) is 0 Å². The molecule has 1 heterocycles. The lowest BCUT2D eigenvalue weighted by molar-refractivity contribution is 0.425. The highest BCUT2D eigenvalue weighted by Crippen LogP contribution is 2.20. The Morgan fingerprint density at radius 1 is 1.28 bits per heavy atom. The van der Waals surface area contributed by atoms with Crippen LogP contribution in [0.25, 0.3) is 11.5 Å². The van der Waals surface area contributed by atoms with Crippen LogP contribution in [0.1, 0.15) is 25.2 Å². The van der Waals surface area contributed by atoms with Crippen molar-refractivity contribution < 1.29 is 4.52 Å². The highest BCUT2D eigenvalue weighted by atomic mass is 32.2. The van der Waals surface area contributed by atoms with Crippen LogP contribution in [0, 0.1) is 0 Å². The molecule has 0 fully saturated rings. The number of hydrogen-bond donors (Lipinski definition) is 1. The molecule has 96 valence electrons. The highest BCUT2D eigenvalue weighted by molar-refractivity contribution is 7.99. The molecule has 0 amide bonds. The van der Waals surface area contributed by atoms with Crippen LogP contribution < -0.4 is 5.73 Å². The summed E-state index contributed by atoms with van der Waals surface area (Å²) in [5.74, 6) is 2.09.